The van der Waals surface area contributed by atoms with Crippen molar-refractivity contribution in [2.75, 3.05) is 24.5 Å². The second kappa shape index (κ2) is 10.7. The van der Waals surface area contributed by atoms with Crippen molar-refractivity contribution >= 4 is 40.2 Å². The van der Waals surface area contributed by atoms with Gasteiger partial charge in [0.25, 0.3) is 5.91 Å². The van der Waals surface area contributed by atoms with E-state index in [9.17, 15) is 19.2 Å². The zero-order valence-corrected chi connectivity index (χ0v) is 24.8. The maximum atomic E-state index is 14.7. The Morgan fingerprint density at radius 1 is 0.864 bits per heavy atom. The number of H-pyrrole nitrogens is 1. The molecule has 2 fully saturated rings. The number of benzene rings is 3. The van der Waals surface area contributed by atoms with Gasteiger partial charge in [0.2, 0.25) is 17.7 Å². The van der Waals surface area contributed by atoms with E-state index in [0.29, 0.717) is 30.8 Å². The van der Waals surface area contributed by atoms with E-state index in [4.69, 9.17) is 0 Å². The second-order valence-corrected chi connectivity index (χ2v) is 11.8. The van der Waals surface area contributed by atoms with Gasteiger partial charge in [0.1, 0.15) is 12.1 Å². The molecule has 0 bridgehead atoms. The smallest absolute Gasteiger partial charge is 0.253 e. The van der Waals surface area contributed by atoms with E-state index in [1.165, 1.54) is 9.80 Å². The summed E-state index contributed by atoms with van der Waals surface area (Å²) in [4.78, 5) is 64.6. The summed E-state index contributed by atoms with van der Waals surface area (Å²) in [6, 6.07) is 24.3. The van der Waals surface area contributed by atoms with E-state index in [-0.39, 0.29) is 36.7 Å². The number of aromatic amines is 1. The van der Waals surface area contributed by atoms with Crippen LogP contribution in [0, 0.1) is 11.8 Å². The Balaban J connectivity index is 1.33. The number of aromatic nitrogens is 1. The summed E-state index contributed by atoms with van der Waals surface area (Å²) in [5.41, 5.74) is 2.58. The van der Waals surface area contributed by atoms with Crippen LogP contribution in [0.4, 0.5) is 5.69 Å². The summed E-state index contributed by atoms with van der Waals surface area (Å²) in [6.07, 6.45) is 2.38. The average Bonchev–Trinajstić information content (AvgIpc) is 3.74. The Kier molecular flexibility index (Phi) is 6.85. The van der Waals surface area contributed by atoms with Crippen molar-refractivity contribution in [1.29, 1.82) is 0 Å². The van der Waals surface area contributed by atoms with Crippen molar-refractivity contribution in [3.05, 3.63) is 102 Å². The highest BCUT2D eigenvalue weighted by Crippen LogP contribution is 2.55. The fourth-order valence-electron chi connectivity index (χ4n) is 7.61. The number of fused-ring (bicyclic) bond motifs is 5. The number of carbonyl (C=O) groups is 4. The lowest BCUT2D eigenvalue weighted by molar-refractivity contribution is -0.143. The Morgan fingerprint density at radius 2 is 1.57 bits per heavy atom. The van der Waals surface area contributed by atoms with Crippen LogP contribution in [-0.4, -0.2) is 64.1 Å². The quantitative estimate of drug-likeness (QED) is 0.306. The van der Waals surface area contributed by atoms with Gasteiger partial charge in [-0.05, 0) is 43.5 Å². The first kappa shape index (κ1) is 28.0. The lowest BCUT2D eigenvalue weighted by Crippen LogP contribution is -2.56. The highest BCUT2D eigenvalue weighted by Gasteiger charge is 2.71. The van der Waals surface area contributed by atoms with E-state index in [1.807, 2.05) is 98.9 Å². The summed E-state index contributed by atoms with van der Waals surface area (Å²) >= 11 is 0. The van der Waals surface area contributed by atoms with Crippen LogP contribution >= 0.6 is 0 Å². The maximum Gasteiger partial charge on any atom is 0.253 e. The molecule has 4 amide bonds. The predicted molar refractivity (Wildman–Crippen MR) is 166 cm³/mol. The highest BCUT2D eigenvalue weighted by molar-refractivity contribution is 6.17. The van der Waals surface area contributed by atoms with Crippen molar-refractivity contribution in [1.82, 2.24) is 20.1 Å². The van der Waals surface area contributed by atoms with Crippen LogP contribution in [-0.2, 0) is 37.7 Å². The third kappa shape index (κ3) is 4.10. The molecule has 7 rings (SSSR count). The normalized spacial score (nSPS) is 24.0. The number of anilines is 1. The fourth-order valence-corrected chi connectivity index (χ4v) is 7.61. The molecule has 4 aromatic rings. The van der Waals surface area contributed by atoms with Gasteiger partial charge in [0, 0.05) is 47.5 Å². The van der Waals surface area contributed by atoms with Gasteiger partial charge in [0.05, 0.1) is 18.4 Å². The number of nitrogens with one attached hydrogen (secondary N) is 2. The molecule has 0 aliphatic carbocycles. The molecule has 2 saturated heterocycles. The number of likely N-dealkylation sites (tertiary alicyclic amines) is 1. The van der Waals surface area contributed by atoms with E-state index in [2.05, 4.69) is 10.3 Å². The molecule has 0 unspecified atom stereocenters. The molecule has 0 saturated carbocycles. The Bertz CT molecular complexity index is 1780. The lowest BCUT2D eigenvalue weighted by Gasteiger charge is -2.31. The van der Waals surface area contributed by atoms with E-state index in [1.54, 1.807) is 4.90 Å². The molecule has 3 aliphatic heterocycles. The van der Waals surface area contributed by atoms with Gasteiger partial charge in [-0.25, -0.2) is 0 Å². The first-order valence-electron chi connectivity index (χ1n) is 15.3. The summed E-state index contributed by atoms with van der Waals surface area (Å²) in [5.74, 6) is -2.87. The zero-order chi connectivity index (χ0) is 30.6. The molecular formula is C35H35N5O4. The second-order valence-electron chi connectivity index (χ2n) is 11.8. The maximum absolute atomic E-state index is 14.7. The Morgan fingerprint density at radius 3 is 2.34 bits per heavy atom. The van der Waals surface area contributed by atoms with Crippen LogP contribution in [0.15, 0.2) is 85.1 Å². The van der Waals surface area contributed by atoms with E-state index >= 15 is 0 Å². The van der Waals surface area contributed by atoms with Gasteiger partial charge < -0.3 is 14.8 Å². The highest BCUT2D eigenvalue weighted by atomic mass is 16.2. The summed E-state index contributed by atoms with van der Waals surface area (Å²) < 4.78 is 0. The standard InChI is InChI=1S/C35H35N5O4/c1-3-38(4-2)29(41)21-39-28-17-11-9-15-25(28)35(34(39)44)31-30(32(42)40(33(31)43)20-22-12-6-5-7-13-22)27(37-35)18-23-19-36-26-16-10-8-14-24(23)26/h5-17,19,27,30-31,36-37H,3-4,18,20-21H2,1-2H3/t27-,30+,31+,35+/m0/s1. The third-order valence-corrected chi connectivity index (χ3v) is 9.67. The van der Waals surface area contributed by atoms with Gasteiger partial charge in [-0.1, -0.05) is 66.7 Å². The first-order valence-corrected chi connectivity index (χ1v) is 15.3. The molecule has 4 heterocycles. The minimum atomic E-state index is -1.47. The molecule has 4 atom stereocenters. The molecule has 1 aromatic heterocycles. The topological polar surface area (TPSA) is 106 Å². The van der Waals surface area contributed by atoms with Crippen molar-refractivity contribution in [3.63, 3.8) is 0 Å². The van der Waals surface area contributed by atoms with Crippen LogP contribution in [0.1, 0.15) is 30.5 Å². The number of nitrogens with zero attached hydrogens (tertiary/aromatic N) is 3. The van der Waals surface area contributed by atoms with Gasteiger partial charge in [-0.2, -0.15) is 0 Å². The fraction of sp³-hybridized carbons (Fsp3) is 0.314. The van der Waals surface area contributed by atoms with Gasteiger partial charge >= 0.3 is 0 Å². The molecule has 9 nitrogen and oxygen atoms in total. The van der Waals surface area contributed by atoms with Gasteiger partial charge in [-0.15, -0.1) is 0 Å². The van der Waals surface area contributed by atoms with Gasteiger partial charge in [-0.3, -0.25) is 29.4 Å². The zero-order valence-electron chi connectivity index (χ0n) is 24.8. The van der Waals surface area contributed by atoms with Crippen LogP contribution in [0.5, 0.6) is 0 Å². The number of hydrogen-bond acceptors (Lipinski definition) is 5. The molecule has 0 radical (unpaired) electrons. The van der Waals surface area contributed by atoms with E-state index in [0.717, 1.165) is 22.0 Å². The molecule has 2 N–H and O–H groups in total. The summed E-state index contributed by atoms with van der Waals surface area (Å²) in [7, 11) is 0. The molecule has 3 aromatic carbocycles. The third-order valence-electron chi connectivity index (χ3n) is 9.67. The number of carbonyl (C=O) groups excluding carboxylic acids is 4. The van der Waals surface area contributed by atoms with Crippen molar-refractivity contribution in [2.45, 2.75) is 38.4 Å². The van der Waals surface area contributed by atoms with Crippen molar-refractivity contribution in [3.8, 4) is 0 Å². The summed E-state index contributed by atoms with van der Waals surface area (Å²) in [6.45, 7) is 4.88. The van der Waals surface area contributed by atoms with E-state index < -0.39 is 23.4 Å². The molecule has 9 heteroatoms. The van der Waals surface area contributed by atoms with Crippen LogP contribution in [0.2, 0.25) is 0 Å². The Hall–Kier alpha value is -4.76. The molecular weight excluding hydrogens is 554 g/mol. The number of amides is 4. The predicted octanol–water partition coefficient (Wildman–Crippen LogP) is 3.59. The minimum Gasteiger partial charge on any atom is -0.361 e. The number of rotatable bonds is 8. The SMILES string of the molecule is CCN(CC)C(=O)CN1C(=O)[C@@]2(N[C@@H](Cc3c[nH]c4ccccc34)[C@H]3C(=O)N(Cc4ccccc4)C(=O)[C@@H]32)c2ccccc21. The molecule has 3 aliphatic rings. The van der Waals surface area contributed by atoms with Crippen molar-refractivity contribution < 1.29 is 19.2 Å². The monoisotopic (exact) mass is 589 g/mol. The summed E-state index contributed by atoms with van der Waals surface area (Å²) in [5, 5.41) is 4.62. The van der Waals surface area contributed by atoms with Crippen molar-refractivity contribution in [2.24, 2.45) is 11.8 Å². The molecule has 224 valence electrons. The molecule has 44 heavy (non-hydrogen) atoms. The van der Waals surface area contributed by atoms with Gasteiger partial charge in [0.15, 0.2) is 0 Å². The number of hydrogen-bond donors (Lipinski definition) is 2. The number of para-hydroxylation sites is 2. The minimum absolute atomic E-state index is 0.138. The lowest BCUT2D eigenvalue weighted by atomic mass is 9.76. The van der Waals surface area contributed by atoms with Crippen LogP contribution in [0.3, 0.4) is 0 Å². The van der Waals surface area contributed by atoms with Crippen LogP contribution in [0.25, 0.3) is 10.9 Å². The number of likely N-dealkylation sites (N-methyl/N-ethyl adjacent to an activating group) is 1. The average molecular weight is 590 g/mol. The Labute approximate surface area is 255 Å². The first-order chi connectivity index (χ1) is 21.4. The van der Waals surface area contributed by atoms with Crippen LogP contribution < -0.4 is 10.2 Å². The largest absolute Gasteiger partial charge is 0.361 e. The number of imide groups is 1. The molecule has 1 spiro atoms.